The zero-order chi connectivity index (χ0) is 13.1. The molecule has 0 unspecified atom stereocenters. The van der Waals surface area contributed by atoms with Crippen LogP contribution in [0.3, 0.4) is 0 Å². The Morgan fingerprint density at radius 1 is 1.37 bits per heavy atom. The van der Waals surface area contributed by atoms with Crippen molar-refractivity contribution < 1.29 is 0 Å². The largest absolute Gasteiger partial charge is 0.372 e. The number of rotatable bonds is 5. The lowest BCUT2D eigenvalue weighted by molar-refractivity contribution is 0.518. The van der Waals surface area contributed by atoms with Gasteiger partial charge in [-0.25, -0.2) is 9.97 Å². The Kier molecular flexibility index (Phi) is 3.53. The van der Waals surface area contributed by atoms with Crippen LogP contribution in [0.15, 0.2) is 18.6 Å². The predicted molar refractivity (Wildman–Crippen MR) is 77.6 cm³/mol. The molecule has 3 rings (SSSR count). The number of nitrogens with zero attached hydrogens (tertiary/aromatic N) is 3. The second-order valence-corrected chi connectivity index (χ2v) is 5.25. The van der Waals surface area contributed by atoms with Gasteiger partial charge in [-0.3, -0.25) is 0 Å². The summed E-state index contributed by atoms with van der Waals surface area (Å²) in [5.74, 6) is 2.62. The summed E-state index contributed by atoms with van der Waals surface area (Å²) in [7, 11) is 1.88. The van der Waals surface area contributed by atoms with E-state index in [1.54, 1.807) is 6.20 Å². The van der Waals surface area contributed by atoms with Crippen LogP contribution in [-0.2, 0) is 0 Å². The molecule has 1 fully saturated rings. The highest BCUT2D eigenvalue weighted by molar-refractivity contribution is 5.65. The van der Waals surface area contributed by atoms with E-state index in [4.69, 9.17) is 0 Å². The van der Waals surface area contributed by atoms with Crippen LogP contribution in [-0.4, -0.2) is 28.0 Å². The first-order chi connectivity index (χ1) is 9.36. The van der Waals surface area contributed by atoms with Gasteiger partial charge in [0.1, 0.15) is 5.82 Å². The van der Waals surface area contributed by atoms with Gasteiger partial charge in [0, 0.05) is 26.0 Å². The standard InChI is InChI=1S/C14H21N5/c1-15-12-10-19-9-8-17-14(19)13(18-12)16-7-6-11-4-2-3-5-11/h8-11,15H,2-7H2,1H3,(H,16,18). The van der Waals surface area contributed by atoms with E-state index < -0.39 is 0 Å². The molecule has 2 N–H and O–H groups in total. The van der Waals surface area contributed by atoms with E-state index in [9.17, 15) is 0 Å². The first-order valence-electron chi connectivity index (χ1n) is 7.12. The van der Waals surface area contributed by atoms with Gasteiger partial charge < -0.3 is 15.0 Å². The van der Waals surface area contributed by atoms with Crippen LogP contribution in [0.25, 0.3) is 5.65 Å². The van der Waals surface area contributed by atoms with Gasteiger partial charge in [0.15, 0.2) is 11.5 Å². The highest BCUT2D eigenvalue weighted by atomic mass is 15.1. The van der Waals surface area contributed by atoms with E-state index in [1.807, 2.05) is 23.8 Å². The smallest absolute Gasteiger partial charge is 0.180 e. The molecule has 1 aliphatic rings. The quantitative estimate of drug-likeness (QED) is 0.867. The summed E-state index contributed by atoms with van der Waals surface area (Å²) in [5.41, 5.74) is 0.894. The molecule has 0 aliphatic heterocycles. The van der Waals surface area contributed by atoms with Crippen LogP contribution in [0.2, 0.25) is 0 Å². The summed E-state index contributed by atoms with van der Waals surface area (Å²) in [6, 6.07) is 0. The summed E-state index contributed by atoms with van der Waals surface area (Å²) in [6.45, 7) is 0.980. The van der Waals surface area contributed by atoms with Crippen molar-refractivity contribution in [1.82, 2.24) is 14.4 Å². The molecule has 2 aromatic heterocycles. The van der Waals surface area contributed by atoms with Gasteiger partial charge in [-0.2, -0.15) is 0 Å². The maximum atomic E-state index is 4.55. The van der Waals surface area contributed by atoms with E-state index >= 15 is 0 Å². The normalized spacial score (nSPS) is 16.1. The minimum absolute atomic E-state index is 0.855. The molecule has 1 saturated carbocycles. The SMILES string of the molecule is CNc1cn2ccnc2c(NCCC2CCCC2)n1. The second kappa shape index (κ2) is 5.47. The number of imidazole rings is 1. The third-order valence-electron chi connectivity index (χ3n) is 3.95. The van der Waals surface area contributed by atoms with Gasteiger partial charge in [0.2, 0.25) is 0 Å². The molecule has 0 bridgehead atoms. The second-order valence-electron chi connectivity index (χ2n) is 5.25. The molecule has 102 valence electrons. The molecule has 1 aliphatic carbocycles. The number of nitrogens with one attached hydrogen (secondary N) is 2. The van der Waals surface area contributed by atoms with Crippen LogP contribution in [0.1, 0.15) is 32.1 Å². The van der Waals surface area contributed by atoms with Gasteiger partial charge in [-0.05, 0) is 12.3 Å². The number of hydrogen-bond donors (Lipinski definition) is 2. The van der Waals surface area contributed by atoms with Crippen molar-refractivity contribution in [3.05, 3.63) is 18.6 Å². The highest BCUT2D eigenvalue weighted by Crippen LogP contribution is 2.27. The lowest BCUT2D eigenvalue weighted by Crippen LogP contribution is -2.10. The minimum Gasteiger partial charge on any atom is -0.372 e. The van der Waals surface area contributed by atoms with Crippen LogP contribution < -0.4 is 10.6 Å². The summed E-state index contributed by atoms with van der Waals surface area (Å²) in [4.78, 5) is 8.90. The molecule has 5 heteroatoms. The van der Waals surface area contributed by atoms with E-state index in [0.29, 0.717) is 0 Å². The first kappa shape index (κ1) is 12.3. The molecule has 2 heterocycles. The number of anilines is 2. The molecule has 19 heavy (non-hydrogen) atoms. The number of hydrogen-bond acceptors (Lipinski definition) is 4. The molecule has 0 atom stereocenters. The van der Waals surface area contributed by atoms with Crippen LogP contribution in [0.4, 0.5) is 11.6 Å². The maximum absolute atomic E-state index is 4.55. The van der Waals surface area contributed by atoms with Crippen molar-refractivity contribution >= 4 is 17.3 Å². The molecule has 0 saturated heterocycles. The number of fused-ring (bicyclic) bond motifs is 1. The van der Waals surface area contributed by atoms with Crippen molar-refractivity contribution in [3.63, 3.8) is 0 Å². The Labute approximate surface area is 113 Å². The predicted octanol–water partition coefficient (Wildman–Crippen LogP) is 2.76. The fourth-order valence-electron chi connectivity index (χ4n) is 2.86. The van der Waals surface area contributed by atoms with E-state index in [-0.39, 0.29) is 0 Å². The molecule has 0 spiro atoms. The van der Waals surface area contributed by atoms with Crippen LogP contribution in [0.5, 0.6) is 0 Å². The number of aromatic nitrogens is 3. The lowest BCUT2D eigenvalue weighted by atomic mass is 10.0. The van der Waals surface area contributed by atoms with E-state index in [2.05, 4.69) is 20.6 Å². The molecule has 5 nitrogen and oxygen atoms in total. The zero-order valence-corrected chi connectivity index (χ0v) is 11.4. The molecular weight excluding hydrogens is 238 g/mol. The van der Waals surface area contributed by atoms with Crippen molar-refractivity contribution in [3.8, 4) is 0 Å². The Morgan fingerprint density at radius 2 is 2.21 bits per heavy atom. The molecular formula is C14H21N5. The van der Waals surface area contributed by atoms with Gasteiger partial charge in [0.25, 0.3) is 0 Å². The molecule has 2 aromatic rings. The van der Waals surface area contributed by atoms with Gasteiger partial charge >= 0.3 is 0 Å². The van der Waals surface area contributed by atoms with E-state index in [0.717, 1.165) is 29.7 Å². The molecule has 0 radical (unpaired) electrons. The first-order valence-corrected chi connectivity index (χ1v) is 7.12. The Balaban J connectivity index is 1.70. The fourth-order valence-corrected chi connectivity index (χ4v) is 2.86. The highest BCUT2D eigenvalue weighted by Gasteiger charge is 2.14. The lowest BCUT2D eigenvalue weighted by Gasteiger charge is -2.12. The molecule has 0 aromatic carbocycles. The summed E-state index contributed by atoms with van der Waals surface area (Å²) in [6.07, 6.45) is 12.5. The molecule has 0 amide bonds. The summed E-state index contributed by atoms with van der Waals surface area (Å²) < 4.78 is 2.00. The Bertz CT molecular complexity index is 542. The van der Waals surface area contributed by atoms with Gasteiger partial charge in [-0.1, -0.05) is 25.7 Å². The van der Waals surface area contributed by atoms with Crippen molar-refractivity contribution in [2.45, 2.75) is 32.1 Å². The van der Waals surface area contributed by atoms with E-state index in [1.165, 1.54) is 32.1 Å². The average molecular weight is 259 g/mol. The third kappa shape index (κ3) is 2.64. The van der Waals surface area contributed by atoms with Gasteiger partial charge in [0.05, 0.1) is 6.20 Å². The average Bonchev–Trinajstić information content (AvgIpc) is 3.08. The Hall–Kier alpha value is -1.78. The van der Waals surface area contributed by atoms with Crippen LogP contribution in [0, 0.1) is 5.92 Å². The zero-order valence-electron chi connectivity index (χ0n) is 11.4. The maximum Gasteiger partial charge on any atom is 0.180 e. The third-order valence-corrected chi connectivity index (χ3v) is 3.95. The van der Waals surface area contributed by atoms with Crippen molar-refractivity contribution in [2.75, 3.05) is 24.2 Å². The van der Waals surface area contributed by atoms with Crippen molar-refractivity contribution in [2.24, 2.45) is 5.92 Å². The summed E-state index contributed by atoms with van der Waals surface area (Å²) in [5, 5.41) is 6.52. The monoisotopic (exact) mass is 259 g/mol. The van der Waals surface area contributed by atoms with Gasteiger partial charge in [-0.15, -0.1) is 0 Å². The van der Waals surface area contributed by atoms with Crippen molar-refractivity contribution in [1.29, 1.82) is 0 Å². The Morgan fingerprint density at radius 3 is 3.00 bits per heavy atom. The topological polar surface area (TPSA) is 54.2 Å². The summed E-state index contributed by atoms with van der Waals surface area (Å²) >= 11 is 0. The fraction of sp³-hybridized carbons (Fsp3) is 0.571. The van der Waals surface area contributed by atoms with Crippen LogP contribution >= 0.6 is 0 Å². The minimum atomic E-state index is 0.855.